The van der Waals surface area contributed by atoms with Crippen molar-refractivity contribution in [1.82, 2.24) is 4.98 Å². The van der Waals surface area contributed by atoms with E-state index in [1.807, 2.05) is 12.1 Å². The highest BCUT2D eigenvalue weighted by molar-refractivity contribution is 5.73. The van der Waals surface area contributed by atoms with Crippen molar-refractivity contribution >= 4 is 5.97 Å². The minimum atomic E-state index is -0.944. The van der Waals surface area contributed by atoms with E-state index in [1.165, 1.54) is 0 Å². The average molecular weight is 247 g/mol. The molecule has 0 saturated heterocycles. The Bertz CT molecular complexity index is 557. The van der Waals surface area contributed by atoms with E-state index in [0.29, 0.717) is 17.3 Å². The van der Waals surface area contributed by atoms with Crippen molar-refractivity contribution < 1.29 is 19.1 Å². The first-order chi connectivity index (χ1) is 8.60. The number of aliphatic carboxylic acids is 1. The van der Waals surface area contributed by atoms with Crippen molar-refractivity contribution in [3.05, 3.63) is 35.9 Å². The third-order valence-corrected chi connectivity index (χ3v) is 2.48. The summed E-state index contributed by atoms with van der Waals surface area (Å²) in [7, 11) is 1.59. The predicted molar refractivity (Wildman–Crippen MR) is 64.6 cm³/mol. The Morgan fingerprint density at radius 1 is 1.39 bits per heavy atom. The van der Waals surface area contributed by atoms with Gasteiger partial charge in [0.2, 0.25) is 0 Å². The van der Waals surface area contributed by atoms with Gasteiger partial charge in [0.05, 0.1) is 7.11 Å². The van der Waals surface area contributed by atoms with Crippen LogP contribution < -0.4 is 4.74 Å². The van der Waals surface area contributed by atoms with E-state index in [1.54, 1.807) is 26.2 Å². The van der Waals surface area contributed by atoms with Gasteiger partial charge in [0.1, 0.15) is 23.6 Å². The Labute approximate surface area is 104 Å². The van der Waals surface area contributed by atoms with Gasteiger partial charge in [0.15, 0.2) is 5.89 Å². The fraction of sp³-hybridized carbons (Fsp3) is 0.231. The molecule has 1 aromatic carbocycles. The smallest absolute Gasteiger partial charge is 0.311 e. The van der Waals surface area contributed by atoms with Crippen LogP contribution in [0.25, 0.3) is 11.3 Å². The number of rotatable bonds is 4. The van der Waals surface area contributed by atoms with Crippen LogP contribution in [-0.4, -0.2) is 23.2 Å². The highest BCUT2D eigenvalue weighted by Crippen LogP contribution is 2.26. The third-order valence-electron chi connectivity index (χ3n) is 2.48. The number of benzene rings is 1. The second-order valence-electron chi connectivity index (χ2n) is 3.80. The molecule has 0 aliphatic heterocycles. The molecule has 0 unspecified atom stereocenters. The average Bonchev–Trinajstić information content (AvgIpc) is 2.69. The van der Waals surface area contributed by atoms with Crippen molar-refractivity contribution in [2.24, 2.45) is 0 Å². The molecule has 1 heterocycles. The van der Waals surface area contributed by atoms with Crippen molar-refractivity contribution in [3.63, 3.8) is 0 Å². The Morgan fingerprint density at radius 2 is 2.06 bits per heavy atom. The number of carbonyl (C=O) groups is 1. The van der Waals surface area contributed by atoms with Crippen LogP contribution in [0.15, 0.2) is 28.7 Å². The molecule has 0 bridgehead atoms. The van der Waals surface area contributed by atoms with E-state index < -0.39 is 5.97 Å². The van der Waals surface area contributed by atoms with Gasteiger partial charge in [-0.1, -0.05) is 0 Å². The molecular formula is C13H13NO4. The van der Waals surface area contributed by atoms with Crippen molar-refractivity contribution in [3.8, 4) is 17.0 Å². The summed E-state index contributed by atoms with van der Waals surface area (Å²) < 4.78 is 10.4. The van der Waals surface area contributed by atoms with Crippen molar-refractivity contribution in [2.45, 2.75) is 13.3 Å². The number of aryl methyl sites for hydroxylation is 1. The first-order valence-corrected chi connectivity index (χ1v) is 5.42. The lowest BCUT2D eigenvalue weighted by Crippen LogP contribution is -2.00. The number of hydrogen-bond donors (Lipinski definition) is 1. The van der Waals surface area contributed by atoms with Gasteiger partial charge in [-0.25, -0.2) is 4.98 Å². The number of ether oxygens (including phenoxy) is 1. The summed E-state index contributed by atoms with van der Waals surface area (Å²) in [6.07, 6.45) is -0.178. The predicted octanol–water partition coefficient (Wildman–Crippen LogP) is 2.29. The van der Waals surface area contributed by atoms with Gasteiger partial charge in [-0.2, -0.15) is 0 Å². The van der Waals surface area contributed by atoms with Crippen LogP contribution in [0.4, 0.5) is 0 Å². The first kappa shape index (κ1) is 12.2. The van der Waals surface area contributed by atoms with Crippen molar-refractivity contribution in [2.75, 3.05) is 7.11 Å². The molecule has 2 aromatic rings. The van der Waals surface area contributed by atoms with Crippen LogP contribution in [0.2, 0.25) is 0 Å². The molecule has 0 amide bonds. The molecule has 2 rings (SSSR count). The summed E-state index contributed by atoms with van der Waals surface area (Å²) in [5, 5.41) is 8.82. The van der Waals surface area contributed by atoms with Crippen LogP contribution in [0.3, 0.4) is 0 Å². The van der Waals surface area contributed by atoms with Gasteiger partial charge in [-0.05, 0) is 24.3 Å². The highest BCUT2D eigenvalue weighted by Gasteiger charge is 2.15. The van der Waals surface area contributed by atoms with Crippen LogP contribution in [0.1, 0.15) is 11.7 Å². The maximum absolute atomic E-state index is 10.8. The van der Waals surface area contributed by atoms with Crippen molar-refractivity contribution in [1.29, 1.82) is 0 Å². The fourth-order valence-electron chi connectivity index (χ4n) is 1.70. The standard InChI is InChI=1S/C13H13NO4/c1-8-14-13(11(18-8)7-12(15)16)9-3-5-10(17-2)6-4-9/h3-6H,7H2,1-2H3,(H,15,16). The largest absolute Gasteiger partial charge is 0.497 e. The molecule has 0 aliphatic carbocycles. The Balaban J connectivity index is 2.39. The topological polar surface area (TPSA) is 72.6 Å². The van der Waals surface area contributed by atoms with E-state index in [0.717, 1.165) is 11.3 Å². The number of hydrogen-bond acceptors (Lipinski definition) is 4. The van der Waals surface area contributed by atoms with Crippen LogP contribution in [0.5, 0.6) is 5.75 Å². The van der Waals surface area contributed by atoms with Gasteiger partial charge >= 0.3 is 5.97 Å². The minimum Gasteiger partial charge on any atom is -0.497 e. The maximum atomic E-state index is 10.8. The lowest BCUT2D eigenvalue weighted by atomic mass is 10.1. The third kappa shape index (κ3) is 2.51. The molecule has 0 spiro atoms. The normalized spacial score (nSPS) is 10.3. The van der Waals surface area contributed by atoms with E-state index in [2.05, 4.69) is 4.98 Å². The molecule has 1 N–H and O–H groups in total. The minimum absolute atomic E-state index is 0.178. The fourth-order valence-corrected chi connectivity index (χ4v) is 1.70. The molecule has 1 aromatic heterocycles. The quantitative estimate of drug-likeness (QED) is 0.897. The number of oxazole rings is 1. The molecule has 0 atom stereocenters. The van der Waals surface area contributed by atoms with Crippen LogP contribution in [-0.2, 0) is 11.2 Å². The number of carboxylic acids is 1. The van der Waals surface area contributed by atoms with E-state index in [9.17, 15) is 4.79 Å². The SMILES string of the molecule is COc1ccc(-c2nc(C)oc2CC(=O)O)cc1. The van der Waals surface area contributed by atoms with E-state index in [4.69, 9.17) is 14.3 Å². The van der Waals surface area contributed by atoms with Gasteiger partial charge in [0, 0.05) is 12.5 Å². The number of nitrogens with zero attached hydrogens (tertiary/aromatic N) is 1. The lowest BCUT2D eigenvalue weighted by Gasteiger charge is -2.02. The monoisotopic (exact) mass is 247 g/mol. The molecule has 0 aliphatic rings. The van der Waals surface area contributed by atoms with Gasteiger partial charge in [-0.3, -0.25) is 4.79 Å². The van der Waals surface area contributed by atoms with Crippen LogP contribution in [0, 0.1) is 6.92 Å². The summed E-state index contributed by atoms with van der Waals surface area (Å²) in [4.78, 5) is 15.0. The number of aromatic nitrogens is 1. The zero-order valence-corrected chi connectivity index (χ0v) is 10.1. The summed E-state index contributed by atoms with van der Waals surface area (Å²) in [5.41, 5.74) is 1.38. The molecule has 0 saturated carbocycles. The summed E-state index contributed by atoms with van der Waals surface area (Å²) >= 11 is 0. The molecule has 0 radical (unpaired) electrons. The molecule has 94 valence electrons. The molecule has 5 heteroatoms. The zero-order chi connectivity index (χ0) is 13.1. The van der Waals surface area contributed by atoms with E-state index >= 15 is 0 Å². The Hall–Kier alpha value is -2.30. The lowest BCUT2D eigenvalue weighted by molar-refractivity contribution is -0.136. The van der Waals surface area contributed by atoms with E-state index in [-0.39, 0.29) is 6.42 Å². The molecule has 18 heavy (non-hydrogen) atoms. The summed E-state index contributed by atoms with van der Waals surface area (Å²) in [6.45, 7) is 1.69. The Kier molecular flexibility index (Phi) is 3.32. The van der Waals surface area contributed by atoms with Gasteiger partial charge < -0.3 is 14.3 Å². The second kappa shape index (κ2) is 4.91. The number of methoxy groups -OCH3 is 1. The zero-order valence-electron chi connectivity index (χ0n) is 10.1. The molecule has 5 nitrogen and oxygen atoms in total. The first-order valence-electron chi connectivity index (χ1n) is 5.42. The van der Waals surface area contributed by atoms with Gasteiger partial charge in [-0.15, -0.1) is 0 Å². The highest BCUT2D eigenvalue weighted by atomic mass is 16.5. The second-order valence-corrected chi connectivity index (χ2v) is 3.80. The molecule has 0 fully saturated rings. The Morgan fingerprint density at radius 3 is 2.61 bits per heavy atom. The summed E-state index contributed by atoms with van der Waals surface area (Å²) in [6, 6.07) is 7.23. The summed E-state index contributed by atoms with van der Waals surface area (Å²) in [5.74, 6) is 0.613. The number of carboxylic acid groups (broad SMARTS) is 1. The van der Waals surface area contributed by atoms with Gasteiger partial charge in [0.25, 0.3) is 0 Å². The molecular weight excluding hydrogens is 234 g/mol. The van der Waals surface area contributed by atoms with Crippen LogP contribution >= 0.6 is 0 Å². The maximum Gasteiger partial charge on any atom is 0.311 e.